The standard InChI is InChI=1S/C26H40O4/c1-17(2)16-20-21(10-7-11-24(29)30)26(3)15-14-23(28)19(25(20)26)12-13-22(27)18-8-5-4-6-9-18/h10,17-20,22-23,25,27-28H,4-9,11,14-16H2,1-3H3,(H,29,30)/t19-,20?,22?,23+,25-,26+/m1/s1. The molecule has 3 N–H and O–H groups in total. The summed E-state index contributed by atoms with van der Waals surface area (Å²) in [5.74, 6) is 7.08. The molecule has 0 aliphatic heterocycles. The van der Waals surface area contributed by atoms with Crippen molar-refractivity contribution in [3.63, 3.8) is 0 Å². The van der Waals surface area contributed by atoms with E-state index < -0.39 is 18.2 Å². The lowest BCUT2D eigenvalue weighted by Crippen LogP contribution is -2.58. The number of aliphatic hydroxyl groups excluding tert-OH is 2. The third-order valence-electron chi connectivity index (χ3n) is 7.93. The number of hydrogen-bond acceptors (Lipinski definition) is 3. The molecule has 3 fully saturated rings. The van der Waals surface area contributed by atoms with Crippen LogP contribution < -0.4 is 0 Å². The van der Waals surface area contributed by atoms with Crippen molar-refractivity contribution >= 4 is 5.97 Å². The van der Waals surface area contributed by atoms with Crippen LogP contribution in [-0.4, -0.2) is 33.5 Å². The summed E-state index contributed by atoms with van der Waals surface area (Å²) in [7, 11) is 0. The van der Waals surface area contributed by atoms with Crippen LogP contribution in [0.25, 0.3) is 0 Å². The van der Waals surface area contributed by atoms with E-state index in [0.717, 1.165) is 32.1 Å². The smallest absolute Gasteiger partial charge is 0.303 e. The number of allylic oxidation sites excluding steroid dienone is 2. The lowest BCUT2D eigenvalue weighted by atomic mass is 9.42. The molecule has 168 valence electrons. The average molecular weight is 417 g/mol. The number of rotatable bonds is 6. The molecule has 0 aromatic carbocycles. The Bertz CT molecular complexity index is 694. The van der Waals surface area contributed by atoms with Gasteiger partial charge in [-0.2, -0.15) is 0 Å². The molecule has 3 saturated carbocycles. The van der Waals surface area contributed by atoms with Crippen molar-refractivity contribution in [2.24, 2.45) is 35.0 Å². The summed E-state index contributed by atoms with van der Waals surface area (Å²) in [5.41, 5.74) is 1.38. The molecule has 0 heterocycles. The van der Waals surface area contributed by atoms with Crippen molar-refractivity contribution in [2.75, 3.05) is 0 Å². The van der Waals surface area contributed by atoms with E-state index in [4.69, 9.17) is 5.11 Å². The number of carbonyl (C=O) groups is 1. The number of carboxylic acid groups (broad SMARTS) is 1. The van der Waals surface area contributed by atoms with Gasteiger partial charge in [-0.3, -0.25) is 4.79 Å². The summed E-state index contributed by atoms with van der Waals surface area (Å²) in [4.78, 5) is 11.0. The van der Waals surface area contributed by atoms with Crippen LogP contribution in [0, 0.1) is 46.8 Å². The number of hydrogen-bond donors (Lipinski definition) is 3. The molecule has 0 aromatic heterocycles. The Morgan fingerprint density at radius 1 is 1.23 bits per heavy atom. The molecule has 4 heteroatoms. The van der Waals surface area contributed by atoms with Crippen molar-refractivity contribution < 1.29 is 20.1 Å². The van der Waals surface area contributed by atoms with Gasteiger partial charge < -0.3 is 15.3 Å². The number of fused-ring (bicyclic) bond motifs is 1. The van der Waals surface area contributed by atoms with Crippen molar-refractivity contribution in [2.45, 2.75) is 97.2 Å². The SMILES string of the molecule is CC(C)CC1C(=CCCC(=O)O)[C@]2(C)CC[C@H](O)[C@@H](C#CC(O)C3CCCCC3)[C@H]12. The van der Waals surface area contributed by atoms with Gasteiger partial charge in [-0.05, 0) is 67.6 Å². The van der Waals surface area contributed by atoms with Crippen LogP contribution in [0.4, 0.5) is 0 Å². The van der Waals surface area contributed by atoms with Crippen LogP contribution in [0.3, 0.4) is 0 Å². The average Bonchev–Trinajstić information content (AvgIpc) is 2.70. The predicted molar refractivity (Wildman–Crippen MR) is 119 cm³/mol. The molecule has 30 heavy (non-hydrogen) atoms. The molecule has 0 amide bonds. The van der Waals surface area contributed by atoms with Crippen LogP contribution in [-0.2, 0) is 4.79 Å². The molecular formula is C26H40O4. The Balaban J connectivity index is 1.81. The highest BCUT2D eigenvalue weighted by molar-refractivity contribution is 5.66. The third-order valence-corrected chi connectivity index (χ3v) is 7.93. The van der Waals surface area contributed by atoms with Gasteiger partial charge in [-0.1, -0.05) is 63.5 Å². The maximum atomic E-state index is 11.0. The normalized spacial score (nSPS) is 36.5. The van der Waals surface area contributed by atoms with E-state index in [2.05, 4.69) is 38.7 Å². The maximum absolute atomic E-state index is 11.0. The molecule has 0 aromatic rings. The van der Waals surface area contributed by atoms with Crippen LogP contribution in [0.5, 0.6) is 0 Å². The summed E-state index contributed by atoms with van der Waals surface area (Å²) in [5, 5.41) is 30.5. The fourth-order valence-electron chi connectivity index (χ4n) is 6.43. The number of aliphatic carboxylic acids is 1. The van der Waals surface area contributed by atoms with Crippen LogP contribution in [0.1, 0.15) is 85.0 Å². The van der Waals surface area contributed by atoms with Crippen LogP contribution >= 0.6 is 0 Å². The molecule has 0 radical (unpaired) electrons. The third kappa shape index (κ3) is 4.94. The van der Waals surface area contributed by atoms with Gasteiger partial charge in [0, 0.05) is 6.42 Å². The van der Waals surface area contributed by atoms with Gasteiger partial charge in [-0.25, -0.2) is 0 Å². The largest absolute Gasteiger partial charge is 0.481 e. The molecule has 3 rings (SSSR count). The lowest BCUT2D eigenvalue weighted by molar-refractivity contribution is -0.136. The summed E-state index contributed by atoms with van der Waals surface area (Å²) >= 11 is 0. The van der Waals surface area contributed by atoms with E-state index in [1.165, 1.54) is 24.8 Å². The molecule has 6 atom stereocenters. The molecule has 0 saturated heterocycles. The van der Waals surface area contributed by atoms with Crippen molar-refractivity contribution in [1.29, 1.82) is 0 Å². The second-order valence-electron chi connectivity index (χ2n) is 10.5. The van der Waals surface area contributed by atoms with E-state index in [0.29, 0.717) is 18.3 Å². The summed E-state index contributed by atoms with van der Waals surface area (Å²) in [6.07, 6.45) is 10.3. The van der Waals surface area contributed by atoms with E-state index in [9.17, 15) is 15.0 Å². The Morgan fingerprint density at radius 3 is 2.57 bits per heavy atom. The monoisotopic (exact) mass is 416 g/mol. The summed E-state index contributed by atoms with van der Waals surface area (Å²) in [6.45, 7) is 6.72. The zero-order valence-electron chi connectivity index (χ0n) is 18.9. The van der Waals surface area contributed by atoms with Gasteiger partial charge in [0.05, 0.1) is 12.0 Å². The van der Waals surface area contributed by atoms with E-state index in [1.807, 2.05) is 0 Å². The van der Waals surface area contributed by atoms with Crippen molar-refractivity contribution in [3.05, 3.63) is 11.6 Å². The molecular weight excluding hydrogens is 376 g/mol. The molecule has 0 spiro atoms. The van der Waals surface area contributed by atoms with Gasteiger partial charge in [-0.15, -0.1) is 0 Å². The molecule has 4 nitrogen and oxygen atoms in total. The molecule has 2 unspecified atom stereocenters. The van der Waals surface area contributed by atoms with E-state index >= 15 is 0 Å². The predicted octanol–water partition coefficient (Wildman–Crippen LogP) is 4.79. The Labute approximate surface area is 182 Å². The Kier molecular flexibility index (Phi) is 7.69. The minimum Gasteiger partial charge on any atom is -0.481 e. The molecule has 0 bridgehead atoms. The van der Waals surface area contributed by atoms with Gasteiger partial charge >= 0.3 is 5.97 Å². The van der Waals surface area contributed by atoms with Gasteiger partial charge in [0.2, 0.25) is 0 Å². The van der Waals surface area contributed by atoms with Crippen molar-refractivity contribution in [3.8, 4) is 11.8 Å². The van der Waals surface area contributed by atoms with Crippen LogP contribution in [0.2, 0.25) is 0 Å². The highest BCUT2D eigenvalue weighted by atomic mass is 16.4. The summed E-state index contributed by atoms with van der Waals surface area (Å²) in [6, 6.07) is 0. The van der Waals surface area contributed by atoms with Crippen molar-refractivity contribution in [1.82, 2.24) is 0 Å². The maximum Gasteiger partial charge on any atom is 0.303 e. The zero-order chi connectivity index (χ0) is 21.9. The lowest BCUT2D eigenvalue weighted by Gasteiger charge is -2.62. The van der Waals surface area contributed by atoms with Crippen LogP contribution in [0.15, 0.2) is 11.6 Å². The second kappa shape index (κ2) is 9.88. The molecule has 3 aliphatic carbocycles. The first-order chi connectivity index (χ1) is 14.2. The highest BCUT2D eigenvalue weighted by Crippen LogP contribution is 2.65. The van der Waals surface area contributed by atoms with Gasteiger partial charge in [0.15, 0.2) is 0 Å². The fraction of sp³-hybridized carbons (Fsp3) is 0.808. The quantitative estimate of drug-likeness (QED) is 0.430. The fourth-order valence-corrected chi connectivity index (χ4v) is 6.43. The second-order valence-corrected chi connectivity index (χ2v) is 10.5. The Hall–Kier alpha value is -1.31. The van der Waals surface area contributed by atoms with E-state index in [1.54, 1.807) is 0 Å². The molecule has 3 aliphatic rings. The van der Waals surface area contributed by atoms with E-state index in [-0.39, 0.29) is 29.6 Å². The topological polar surface area (TPSA) is 77.8 Å². The first-order valence-electron chi connectivity index (χ1n) is 12.0. The number of aliphatic hydroxyl groups is 2. The minimum absolute atomic E-state index is 0.00751. The first kappa shape index (κ1) is 23.4. The highest BCUT2D eigenvalue weighted by Gasteiger charge is 2.60. The minimum atomic E-state index is -0.757. The summed E-state index contributed by atoms with van der Waals surface area (Å²) < 4.78 is 0. The Morgan fingerprint density at radius 2 is 1.93 bits per heavy atom. The zero-order valence-corrected chi connectivity index (χ0v) is 18.9. The van der Waals surface area contributed by atoms with Gasteiger partial charge in [0.25, 0.3) is 0 Å². The number of carboxylic acids is 1. The first-order valence-corrected chi connectivity index (χ1v) is 12.0. The van der Waals surface area contributed by atoms with Gasteiger partial charge in [0.1, 0.15) is 6.10 Å².